The highest BCUT2D eigenvalue weighted by atomic mass is 16.5. The fraction of sp³-hybridized carbons (Fsp3) is 0.333. The molecular formula is C24H26N4O4. The summed E-state index contributed by atoms with van der Waals surface area (Å²) in [6, 6.07) is 16.2. The molecule has 3 amide bonds. The van der Waals surface area contributed by atoms with Gasteiger partial charge in [-0.2, -0.15) is 0 Å². The quantitative estimate of drug-likeness (QED) is 0.747. The molecule has 3 atom stereocenters. The fourth-order valence-electron chi connectivity index (χ4n) is 3.86. The molecule has 2 heterocycles. The van der Waals surface area contributed by atoms with Gasteiger partial charge in [-0.3, -0.25) is 14.4 Å². The van der Waals surface area contributed by atoms with Crippen LogP contribution in [0.5, 0.6) is 0 Å². The molecule has 0 bridgehead atoms. The fourth-order valence-corrected chi connectivity index (χ4v) is 3.86. The zero-order valence-corrected chi connectivity index (χ0v) is 18.1. The average Bonchev–Trinajstić information content (AvgIpc) is 3.33. The molecule has 0 spiro atoms. The number of rotatable bonds is 5. The molecule has 0 aliphatic carbocycles. The highest BCUT2D eigenvalue weighted by molar-refractivity contribution is 6.20. The number of para-hydroxylation sites is 1. The minimum Gasteiger partial charge on any atom is -0.368 e. The van der Waals surface area contributed by atoms with Crippen LogP contribution in [0.4, 0.5) is 5.69 Å². The molecule has 1 fully saturated rings. The van der Waals surface area contributed by atoms with Crippen LogP contribution in [0, 0.1) is 0 Å². The van der Waals surface area contributed by atoms with Crippen molar-refractivity contribution in [2.45, 2.75) is 38.1 Å². The largest absolute Gasteiger partial charge is 0.368 e. The summed E-state index contributed by atoms with van der Waals surface area (Å²) in [5.74, 6) is -1.19. The van der Waals surface area contributed by atoms with Crippen LogP contribution in [-0.4, -0.2) is 55.4 Å². The molecule has 166 valence electrons. The molecular weight excluding hydrogens is 408 g/mol. The first-order valence-corrected chi connectivity index (χ1v) is 10.7. The van der Waals surface area contributed by atoms with E-state index in [0.29, 0.717) is 24.4 Å². The van der Waals surface area contributed by atoms with Gasteiger partial charge in [-0.1, -0.05) is 48.5 Å². The lowest BCUT2D eigenvalue weighted by atomic mass is 10.0. The number of anilines is 1. The Kier molecular flexibility index (Phi) is 6.32. The molecule has 2 aliphatic rings. The first-order valence-electron chi connectivity index (χ1n) is 10.7. The van der Waals surface area contributed by atoms with E-state index in [1.165, 1.54) is 4.90 Å². The van der Waals surface area contributed by atoms with Crippen molar-refractivity contribution >= 4 is 29.1 Å². The number of amides is 3. The molecule has 2 aromatic carbocycles. The maximum Gasteiger partial charge on any atom is 0.272 e. The van der Waals surface area contributed by atoms with E-state index in [-0.39, 0.29) is 11.8 Å². The van der Waals surface area contributed by atoms with Crippen LogP contribution in [0.1, 0.15) is 30.9 Å². The van der Waals surface area contributed by atoms with Gasteiger partial charge in [0.25, 0.3) is 5.91 Å². The molecule has 2 unspecified atom stereocenters. The van der Waals surface area contributed by atoms with Gasteiger partial charge in [-0.15, -0.1) is 0 Å². The Balaban J connectivity index is 1.59. The summed E-state index contributed by atoms with van der Waals surface area (Å²) in [6.07, 6.45) is -0.209. The van der Waals surface area contributed by atoms with Crippen LogP contribution in [-0.2, 0) is 19.1 Å². The van der Waals surface area contributed by atoms with E-state index >= 15 is 0 Å². The van der Waals surface area contributed by atoms with Gasteiger partial charge in [0.1, 0.15) is 12.1 Å². The molecule has 8 nitrogen and oxygen atoms in total. The number of likely N-dealkylation sites (N-methyl/N-ethyl adjacent to an activating group) is 1. The van der Waals surface area contributed by atoms with Crippen LogP contribution in [0.25, 0.3) is 0 Å². The van der Waals surface area contributed by atoms with E-state index in [0.717, 1.165) is 17.5 Å². The van der Waals surface area contributed by atoms with Crippen LogP contribution < -0.4 is 15.5 Å². The molecule has 8 heteroatoms. The first kappa shape index (κ1) is 21.7. The normalized spacial score (nSPS) is 21.2. The van der Waals surface area contributed by atoms with E-state index in [4.69, 9.17) is 4.74 Å². The number of carbonyl (C=O) groups excluding carboxylic acids is 3. The topological polar surface area (TPSA) is 100 Å². The van der Waals surface area contributed by atoms with E-state index in [1.54, 1.807) is 14.0 Å². The maximum absolute atomic E-state index is 13.2. The summed E-state index contributed by atoms with van der Waals surface area (Å²) in [5, 5.41) is 5.36. The Labute approximate surface area is 186 Å². The third-order valence-electron chi connectivity index (χ3n) is 5.64. The summed E-state index contributed by atoms with van der Waals surface area (Å²) in [5.41, 5.74) is 2.95. The lowest BCUT2D eigenvalue weighted by Crippen LogP contribution is -2.53. The number of hydrogen-bond acceptors (Lipinski definition) is 5. The molecule has 0 aromatic heterocycles. The van der Waals surface area contributed by atoms with E-state index < -0.39 is 24.2 Å². The van der Waals surface area contributed by atoms with Crippen LogP contribution in [0.3, 0.4) is 0 Å². The second-order valence-electron chi connectivity index (χ2n) is 7.90. The summed E-state index contributed by atoms with van der Waals surface area (Å²) in [6.45, 7) is 2.11. The Hall–Kier alpha value is -3.52. The molecule has 2 N–H and O–H groups in total. The van der Waals surface area contributed by atoms with Gasteiger partial charge in [0.15, 0.2) is 0 Å². The number of benzodiazepines with no additional fused rings is 1. The molecule has 4 rings (SSSR count). The first-order chi connectivity index (χ1) is 15.5. The third-order valence-corrected chi connectivity index (χ3v) is 5.64. The molecule has 2 aliphatic heterocycles. The highest BCUT2D eigenvalue weighted by Crippen LogP contribution is 2.27. The molecule has 2 aromatic rings. The van der Waals surface area contributed by atoms with Crippen LogP contribution in [0.2, 0.25) is 0 Å². The number of aliphatic imine (C=N–C) groups is 1. The molecule has 1 saturated heterocycles. The Morgan fingerprint density at radius 3 is 2.56 bits per heavy atom. The third kappa shape index (κ3) is 4.40. The van der Waals surface area contributed by atoms with Gasteiger partial charge >= 0.3 is 0 Å². The highest BCUT2D eigenvalue weighted by Gasteiger charge is 2.33. The monoisotopic (exact) mass is 434 g/mol. The number of ether oxygens (including phenoxy) is 1. The second-order valence-corrected chi connectivity index (χ2v) is 7.90. The van der Waals surface area contributed by atoms with E-state index in [1.807, 2.05) is 54.6 Å². The standard InChI is InChI=1S/C24H26N4O4/c1-15(25-23(30)19-13-8-14-32-19)22(29)27-21-24(31)28(2)18-12-7-6-11-17(18)20(26-21)16-9-4-3-5-10-16/h3-7,9-12,15,19,21H,8,13-14H2,1-2H3,(H,25,30)(H,27,29)/t15-,19?,21?/m0/s1. The summed E-state index contributed by atoms with van der Waals surface area (Å²) >= 11 is 0. The van der Waals surface area contributed by atoms with Gasteiger partial charge in [0.2, 0.25) is 18.0 Å². The Bertz CT molecular complexity index is 1050. The minimum atomic E-state index is -1.13. The second kappa shape index (κ2) is 9.32. The summed E-state index contributed by atoms with van der Waals surface area (Å²) in [4.78, 5) is 44.4. The number of benzene rings is 2. The van der Waals surface area contributed by atoms with Crippen LogP contribution >= 0.6 is 0 Å². The lowest BCUT2D eigenvalue weighted by molar-refractivity contribution is -0.135. The summed E-state index contributed by atoms with van der Waals surface area (Å²) < 4.78 is 5.37. The van der Waals surface area contributed by atoms with E-state index in [2.05, 4.69) is 15.6 Å². The smallest absolute Gasteiger partial charge is 0.272 e. The van der Waals surface area contributed by atoms with Crippen molar-refractivity contribution in [3.8, 4) is 0 Å². The minimum absolute atomic E-state index is 0.324. The predicted molar refractivity (Wildman–Crippen MR) is 120 cm³/mol. The summed E-state index contributed by atoms with van der Waals surface area (Å²) in [7, 11) is 1.66. The van der Waals surface area contributed by atoms with Gasteiger partial charge in [0.05, 0.1) is 11.4 Å². The number of nitrogens with zero attached hydrogens (tertiary/aromatic N) is 2. The van der Waals surface area contributed by atoms with Crippen molar-refractivity contribution in [1.82, 2.24) is 10.6 Å². The van der Waals surface area contributed by atoms with Crippen molar-refractivity contribution in [3.63, 3.8) is 0 Å². The number of carbonyl (C=O) groups is 3. The van der Waals surface area contributed by atoms with Gasteiger partial charge < -0.3 is 20.3 Å². The molecule has 0 radical (unpaired) electrons. The Morgan fingerprint density at radius 1 is 1.12 bits per heavy atom. The predicted octanol–water partition coefficient (Wildman–Crippen LogP) is 1.63. The van der Waals surface area contributed by atoms with Crippen molar-refractivity contribution in [2.24, 2.45) is 4.99 Å². The van der Waals surface area contributed by atoms with Crippen molar-refractivity contribution in [2.75, 3.05) is 18.6 Å². The van der Waals surface area contributed by atoms with Crippen molar-refractivity contribution in [3.05, 3.63) is 65.7 Å². The van der Waals surface area contributed by atoms with Gasteiger partial charge in [-0.05, 0) is 25.8 Å². The Morgan fingerprint density at radius 2 is 1.84 bits per heavy atom. The average molecular weight is 434 g/mol. The van der Waals surface area contributed by atoms with Crippen LogP contribution in [0.15, 0.2) is 59.6 Å². The molecule has 0 saturated carbocycles. The number of nitrogens with one attached hydrogen (secondary N) is 2. The maximum atomic E-state index is 13.2. The molecule has 32 heavy (non-hydrogen) atoms. The zero-order valence-electron chi connectivity index (χ0n) is 18.1. The van der Waals surface area contributed by atoms with Crippen molar-refractivity contribution < 1.29 is 19.1 Å². The number of fused-ring (bicyclic) bond motifs is 1. The lowest BCUT2D eigenvalue weighted by Gasteiger charge is -2.22. The van der Waals surface area contributed by atoms with Gasteiger partial charge in [0, 0.05) is 24.8 Å². The van der Waals surface area contributed by atoms with Gasteiger partial charge in [-0.25, -0.2) is 4.99 Å². The van der Waals surface area contributed by atoms with Crippen molar-refractivity contribution in [1.29, 1.82) is 0 Å². The van der Waals surface area contributed by atoms with E-state index in [9.17, 15) is 14.4 Å². The SMILES string of the molecule is C[C@H](NC(=O)C1CCCO1)C(=O)NC1N=C(c2ccccc2)c2ccccc2N(C)C1=O. The zero-order chi connectivity index (χ0) is 22.7. The number of hydrogen-bond donors (Lipinski definition) is 2.